The van der Waals surface area contributed by atoms with Crippen LogP contribution in [0.15, 0.2) is 76.2 Å². The summed E-state index contributed by atoms with van der Waals surface area (Å²) in [6.07, 6.45) is 6.84. The minimum absolute atomic E-state index is 0.0181. The molecule has 3 N–H and O–H groups in total. The van der Waals surface area contributed by atoms with Gasteiger partial charge in [0.15, 0.2) is 0 Å². The number of amides is 1. The van der Waals surface area contributed by atoms with Gasteiger partial charge in [0.05, 0.1) is 50.2 Å². The van der Waals surface area contributed by atoms with Crippen molar-refractivity contribution in [1.29, 1.82) is 0 Å². The molecule has 2 atom stereocenters. The minimum Gasteiger partial charge on any atom is -0.497 e. The monoisotopic (exact) mass is 502 g/mol. The minimum atomic E-state index is -1.00. The van der Waals surface area contributed by atoms with Crippen LogP contribution in [0.2, 0.25) is 0 Å². The molecule has 1 saturated heterocycles. The zero-order valence-corrected chi connectivity index (χ0v) is 20.6. The predicted octanol–water partition coefficient (Wildman–Crippen LogP) is 2.98. The summed E-state index contributed by atoms with van der Waals surface area (Å²) >= 11 is 0. The molecular formula is C27H28N5O5+. The van der Waals surface area contributed by atoms with Gasteiger partial charge >= 0.3 is 5.97 Å². The number of hydrogen-bond acceptors (Lipinski definition) is 7. The third kappa shape index (κ3) is 4.41. The van der Waals surface area contributed by atoms with Crippen LogP contribution in [0.3, 0.4) is 0 Å². The van der Waals surface area contributed by atoms with Crippen molar-refractivity contribution in [2.75, 3.05) is 20.8 Å². The van der Waals surface area contributed by atoms with Gasteiger partial charge < -0.3 is 19.9 Å². The second-order valence-electron chi connectivity index (χ2n) is 8.89. The zero-order chi connectivity index (χ0) is 26.0. The van der Waals surface area contributed by atoms with Gasteiger partial charge in [-0.2, -0.15) is 4.99 Å². The number of carbonyl (C=O) groups excluding carboxylic acids is 1. The number of carboxylic acids is 1. The lowest BCUT2D eigenvalue weighted by Crippen LogP contribution is -2.56. The van der Waals surface area contributed by atoms with Gasteiger partial charge in [0.1, 0.15) is 23.4 Å². The number of methoxy groups -OCH3 is 2. The van der Waals surface area contributed by atoms with Gasteiger partial charge in [-0.15, -0.1) is 10.0 Å². The molecule has 3 heterocycles. The molecule has 1 fully saturated rings. The second-order valence-corrected chi connectivity index (χ2v) is 8.89. The number of quaternary nitrogens is 1. The van der Waals surface area contributed by atoms with E-state index in [4.69, 9.17) is 14.5 Å². The van der Waals surface area contributed by atoms with Crippen LogP contribution in [0.4, 0.5) is 0 Å². The molecular weight excluding hydrogens is 474 g/mol. The van der Waals surface area contributed by atoms with Gasteiger partial charge in [0.2, 0.25) is 11.6 Å². The Morgan fingerprint density at radius 1 is 1.19 bits per heavy atom. The van der Waals surface area contributed by atoms with Gasteiger partial charge in [-0.05, 0) is 43.2 Å². The molecule has 0 bridgehead atoms. The number of ether oxygens (including phenoxy) is 2. The first-order valence-corrected chi connectivity index (χ1v) is 12.0. The number of carboxylic acid groups (broad SMARTS) is 1. The number of aromatic carboxylic acids is 1. The van der Waals surface area contributed by atoms with E-state index < -0.39 is 11.9 Å². The van der Waals surface area contributed by atoms with Crippen molar-refractivity contribution >= 4 is 23.9 Å². The molecule has 0 radical (unpaired) electrons. The average molecular weight is 503 g/mol. The van der Waals surface area contributed by atoms with E-state index in [0.717, 1.165) is 23.2 Å². The number of aliphatic imine (C=N–C) groups is 2. The van der Waals surface area contributed by atoms with Crippen LogP contribution in [0.5, 0.6) is 11.5 Å². The van der Waals surface area contributed by atoms with Crippen LogP contribution in [0.25, 0.3) is 0 Å². The fourth-order valence-electron chi connectivity index (χ4n) is 4.85. The SMILES string of the molecule is COc1ccc(CN[N+]23C=CN=CC2=C(C2CCCNC2=O)N=C3c2ccc(C(=O)O)cc2)c(OC)c1. The van der Waals surface area contributed by atoms with E-state index in [1.165, 1.54) is 0 Å². The molecule has 10 heteroatoms. The number of piperidine rings is 1. The van der Waals surface area contributed by atoms with Gasteiger partial charge in [0.25, 0.3) is 5.84 Å². The maximum Gasteiger partial charge on any atom is 0.335 e. The Labute approximate surface area is 214 Å². The molecule has 10 nitrogen and oxygen atoms in total. The molecule has 2 aromatic rings. The van der Waals surface area contributed by atoms with Crippen LogP contribution in [-0.2, 0) is 11.3 Å². The highest BCUT2D eigenvalue weighted by Crippen LogP contribution is 2.38. The van der Waals surface area contributed by atoms with Crippen LogP contribution < -0.4 is 20.2 Å². The normalized spacial score (nSPS) is 22.4. The number of fused-ring (bicyclic) bond motifs is 1. The topological polar surface area (TPSA) is 122 Å². The average Bonchev–Trinajstić information content (AvgIpc) is 3.27. The molecule has 1 amide bonds. The second kappa shape index (κ2) is 10.00. The van der Waals surface area contributed by atoms with E-state index in [1.54, 1.807) is 50.9 Å². The van der Waals surface area contributed by atoms with Gasteiger partial charge in [-0.3, -0.25) is 9.79 Å². The van der Waals surface area contributed by atoms with E-state index in [-0.39, 0.29) is 16.1 Å². The maximum atomic E-state index is 12.8. The first-order valence-electron chi connectivity index (χ1n) is 12.0. The molecule has 0 aromatic heterocycles. The predicted molar refractivity (Wildman–Crippen MR) is 137 cm³/mol. The Morgan fingerprint density at radius 2 is 2.00 bits per heavy atom. The molecule has 2 aromatic carbocycles. The van der Waals surface area contributed by atoms with E-state index in [2.05, 4.69) is 15.7 Å². The smallest absolute Gasteiger partial charge is 0.335 e. The number of nitrogens with one attached hydrogen (secondary N) is 2. The molecule has 0 saturated carbocycles. The molecule has 0 spiro atoms. The summed E-state index contributed by atoms with van der Waals surface area (Å²) in [6.45, 7) is 1.04. The lowest BCUT2D eigenvalue weighted by atomic mass is 9.94. The summed E-state index contributed by atoms with van der Waals surface area (Å²) in [7, 11) is 3.21. The third-order valence-corrected chi connectivity index (χ3v) is 6.79. The quantitative estimate of drug-likeness (QED) is 0.477. The van der Waals surface area contributed by atoms with Crippen LogP contribution >= 0.6 is 0 Å². The van der Waals surface area contributed by atoms with E-state index in [0.29, 0.717) is 42.5 Å². The molecule has 37 heavy (non-hydrogen) atoms. The van der Waals surface area contributed by atoms with E-state index in [1.807, 2.05) is 24.4 Å². The third-order valence-electron chi connectivity index (χ3n) is 6.79. The number of amidine groups is 1. The Bertz CT molecular complexity index is 1360. The van der Waals surface area contributed by atoms with Crippen molar-refractivity contribution in [1.82, 2.24) is 10.7 Å². The molecule has 3 aliphatic heterocycles. The summed E-state index contributed by atoms with van der Waals surface area (Å²) in [5.74, 6) is 0.503. The number of nitrogens with zero attached hydrogens (tertiary/aromatic N) is 3. The Morgan fingerprint density at radius 3 is 2.70 bits per heavy atom. The highest BCUT2D eigenvalue weighted by molar-refractivity contribution is 6.02. The number of rotatable bonds is 8. The summed E-state index contributed by atoms with van der Waals surface area (Å²) in [4.78, 5) is 33.7. The van der Waals surface area contributed by atoms with Gasteiger partial charge in [0, 0.05) is 18.2 Å². The van der Waals surface area contributed by atoms with Crippen molar-refractivity contribution in [2.45, 2.75) is 19.4 Å². The lowest BCUT2D eigenvalue weighted by Gasteiger charge is -2.33. The Kier molecular flexibility index (Phi) is 6.60. The summed E-state index contributed by atoms with van der Waals surface area (Å²) in [5, 5.41) is 12.3. The number of hydrogen-bond donors (Lipinski definition) is 3. The molecule has 0 aliphatic carbocycles. The largest absolute Gasteiger partial charge is 0.497 e. The summed E-state index contributed by atoms with van der Waals surface area (Å²) < 4.78 is 10.9. The Hall–Kier alpha value is -4.28. The standard InChI is InChI=1S/C27H27N5O5/c1-36-20-10-9-19(23(14-20)37-2)15-30-32-13-12-28-16-22(32)24(21-4-3-11-29-26(21)33)31-25(32)17-5-7-18(8-6-17)27(34)35/h5-10,12-14,16,21,30H,3-4,11,15H2,1-2H3,(H-,29,33,34,35)/p+1. The molecule has 3 aliphatic rings. The van der Waals surface area contributed by atoms with Gasteiger partial charge in [-0.25, -0.2) is 4.79 Å². The van der Waals surface area contributed by atoms with E-state index >= 15 is 0 Å². The van der Waals surface area contributed by atoms with Crippen LogP contribution in [0.1, 0.15) is 34.3 Å². The lowest BCUT2D eigenvalue weighted by molar-refractivity contribution is -0.791. The highest BCUT2D eigenvalue weighted by atomic mass is 16.5. The molecule has 190 valence electrons. The molecule has 2 unspecified atom stereocenters. The fraction of sp³-hybridized carbons (Fsp3) is 0.259. The van der Waals surface area contributed by atoms with Gasteiger partial charge in [-0.1, -0.05) is 6.07 Å². The van der Waals surface area contributed by atoms with E-state index in [9.17, 15) is 14.7 Å². The van der Waals surface area contributed by atoms with Crippen molar-refractivity contribution in [3.05, 3.63) is 82.9 Å². The van der Waals surface area contributed by atoms with Crippen molar-refractivity contribution in [2.24, 2.45) is 15.9 Å². The van der Waals surface area contributed by atoms with Crippen molar-refractivity contribution in [3.63, 3.8) is 0 Å². The summed E-state index contributed by atoms with van der Waals surface area (Å²) in [5.41, 5.74) is 6.80. The first-order chi connectivity index (χ1) is 18.0. The maximum absolute atomic E-state index is 12.8. The highest BCUT2D eigenvalue weighted by Gasteiger charge is 2.49. The number of carbonyl (C=O) groups is 2. The molecule has 5 rings (SSSR count). The summed E-state index contributed by atoms with van der Waals surface area (Å²) in [6, 6.07) is 12.2. The van der Waals surface area contributed by atoms with Crippen LogP contribution in [-0.4, -0.2) is 54.4 Å². The number of allylic oxidation sites excluding steroid dienone is 1. The Balaban J connectivity index is 1.59. The van der Waals surface area contributed by atoms with Crippen molar-refractivity contribution < 1.29 is 28.8 Å². The first kappa shape index (κ1) is 24.4. The number of benzene rings is 2. The van der Waals surface area contributed by atoms with Crippen LogP contribution in [0, 0.1) is 5.92 Å². The fourth-order valence-corrected chi connectivity index (χ4v) is 4.85. The zero-order valence-electron chi connectivity index (χ0n) is 20.6. The van der Waals surface area contributed by atoms with Crippen molar-refractivity contribution in [3.8, 4) is 11.5 Å².